The Morgan fingerprint density at radius 1 is 0.714 bits per heavy atom. The van der Waals surface area contributed by atoms with Gasteiger partial charge in [-0.25, -0.2) is 4.79 Å². The van der Waals surface area contributed by atoms with Crippen molar-refractivity contribution in [2.45, 2.75) is 116 Å². The maximum absolute atomic E-state index is 11.8. The first kappa shape index (κ1) is 33.9. The minimum Gasteiger partial charge on any atom is -0.445 e. The second kappa shape index (κ2) is 24.6. The highest BCUT2D eigenvalue weighted by atomic mass is 32.2. The number of hydrogen-bond donors (Lipinski definition) is 1. The van der Waals surface area contributed by atoms with E-state index in [1.54, 1.807) is 0 Å². The van der Waals surface area contributed by atoms with Crippen LogP contribution in [0.15, 0.2) is 12.2 Å². The van der Waals surface area contributed by atoms with Crippen LogP contribution in [-0.2, 0) is 23.8 Å². The normalized spacial score (nSPS) is 11.5. The maximum Gasteiger partial charge on any atom is 0.407 e. The lowest BCUT2D eigenvalue weighted by molar-refractivity contribution is 0.128. The summed E-state index contributed by atoms with van der Waals surface area (Å²) in [5.74, 6) is 0. The van der Waals surface area contributed by atoms with Gasteiger partial charge >= 0.3 is 6.09 Å². The Labute approximate surface area is 215 Å². The minimum atomic E-state index is -3.34. The van der Waals surface area contributed by atoms with Crippen molar-refractivity contribution in [3.05, 3.63) is 12.2 Å². The lowest BCUT2D eigenvalue weighted by atomic mass is 10.0. The fourth-order valence-corrected chi connectivity index (χ4v) is 4.10. The molecule has 0 bridgehead atoms. The van der Waals surface area contributed by atoms with E-state index in [2.05, 4.69) is 23.0 Å². The van der Waals surface area contributed by atoms with E-state index in [1.165, 1.54) is 70.6 Å². The van der Waals surface area contributed by atoms with Gasteiger partial charge in [0.15, 0.2) is 0 Å². The second-order valence-corrected chi connectivity index (χ2v) is 11.1. The summed E-state index contributed by atoms with van der Waals surface area (Å²) < 4.78 is 37.1. The molecule has 0 unspecified atom stereocenters. The number of hydrogen-bond acceptors (Lipinski definition) is 6. The van der Waals surface area contributed by atoms with Crippen molar-refractivity contribution in [2.24, 2.45) is 0 Å². The van der Waals surface area contributed by atoms with E-state index < -0.39 is 16.2 Å². The van der Waals surface area contributed by atoms with Crippen LogP contribution in [-0.4, -0.2) is 53.7 Å². The van der Waals surface area contributed by atoms with Gasteiger partial charge in [0.25, 0.3) is 10.1 Å². The van der Waals surface area contributed by atoms with E-state index in [4.69, 9.17) is 9.47 Å². The summed E-state index contributed by atoms with van der Waals surface area (Å²) in [7, 11) is -3.34. The van der Waals surface area contributed by atoms with Crippen molar-refractivity contribution in [3.63, 3.8) is 0 Å². The first-order valence-electron chi connectivity index (χ1n) is 13.8. The minimum absolute atomic E-state index is 0.160. The number of nitrogens with one attached hydrogen (secondary N) is 1. The van der Waals surface area contributed by atoms with Crippen LogP contribution in [0.4, 0.5) is 4.79 Å². The Hall–Kier alpha value is -1.12. The van der Waals surface area contributed by atoms with E-state index >= 15 is 0 Å². The molecule has 7 nitrogen and oxygen atoms in total. The zero-order valence-electron chi connectivity index (χ0n) is 22.6. The van der Waals surface area contributed by atoms with Crippen LogP contribution < -0.4 is 5.32 Å². The molecule has 1 amide bonds. The van der Waals surface area contributed by atoms with Crippen molar-refractivity contribution >= 4 is 16.2 Å². The molecule has 0 spiro atoms. The van der Waals surface area contributed by atoms with E-state index in [9.17, 15) is 13.2 Å². The number of ether oxygens (including phenoxy) is 2. The van der Waals surface area contributed by atoms with E-state index in [1.807, 2.05) is 0 Å². The van der Waals surface area contributed by atoms with Gasteiger partial charge in [0.05, 0.1) is 19.5 Å². The number of alkyl carbamates (subject to hydrolysis) is 1. The van der Waals surface area contributed by atoms with Crippen LogP contribution in [0, 0.1) is 0 Å². The molecule has 0 fully saturated rings. The topological polar surface area (TPSA) is 90.9 Å². The first-order chi connectivity index (χ1) is 16.8. The van der Waals surface area contributed by atoms with Gasteiger partial charge in [-0.2, -0.15) is 8.42 Å². The van der Waals surface area contributed by atoms with Crippen LogP contribution >= 0.6 is 0 Å². The maximum atomic E-state index is 11.8. The van der Waals surface area contributed by atoms with Crippen molar-refractivity contribution in [2.75, 3.05) is 39.2 Å². The molecule has 1 N–H and O–H groups in total. The fourth-order valence-electron chi connectivity index (χ4n) is 3.68. The van der Waals surface area contributed by atoms with E-state index in [0.29, 0.717) is 26.2 Å². The van der Waals surface area contributed by atoms with Crippen molar-refractivity contribution in [3.8, 4) is 0 Å². The number of carbonyl (C=O) groups excluding carboxylic acids is 1. The van der Waals surface area contributed by atoms with E-state index in [0.717, 1.165) is 43.9 Å². The van der Waals surface area contributed by atoms with Gasteiger partial charge in [0, 0.05) is 13.2 Å². The molecule has 208 valence electrons. The summed E-state index contributed by atoms with van der Waals surface area (Å²) in [6.07, 6.45) is 21.1. The molecule has 0 heterocycles. The molecule has 0 radical (unpaired) electrons. The third kappa shape index (κ3) is 29.0. The lowest BCUT2D eigenvalue weighted by Crippen LogP contribution is -2.26. The molecule has 8 heteroatoms. The van der Waals surface area contributed by atoms with Gasteiger partial charge in [-0.15, -0.1) is 0 Å². The summed E-state index contributed by atoms with van der Waals surface area (Å²) >= 11 is 0. The van der Waals surface area contributed by atoms with Crippen LogP contribution in [0.1, 0.15) is 116 Å². The second-order valence-electron chi connectivity index (χ2n) is 9.49. The van der Waals surface area contributed by atoms with Crippen molar-refractivity contribution in [1.29, 1.82) is 0 Å². The SMILES string of the molecule is C=C(COCCCCCCOS(C)(=O)=O)COC(=O)NCCCCCCCCCCCCCCC. The molecule has 0 aromatic rings. The Kier molecular flexibility index (Phi) is 23.8. The predicted molar refractivity (Wildman–Crippen MR) is 144 cm³/mol. The molecule has 0 saturated carbocycles. The number of amides is 1. The molecule has 0 atom stereocenters. The molecular formula is C27H53NO6S. The molecule has 0 aliphatic rings. The lowest BCUT2D eigenvalue weighted by Gasteiger charge is -2.10. The Morgan fingerprint density at radius 3 is 1.74 bits per heavy atom. The Morgan fingerprint density at radius 2 is 1.20 bits per heavy atom. The van der Waals surface area contributed by atoms with Crippen LogP contribution in [0.25, 0.3) is 0 Å². The smallest absolute Gasteiger partial charge is 0.407 e. The quantitative estimate of drug-likeness (QED) is 0.0758. The Balaban J connectivity index is 3.34. The molecule has 0 saturated heterocycles. The molecular weight excluding hydrogens is 466 g/mol. The van der Waals surface area contributed by atoms with Crippen LogP contribution in [0.5, 0.6) is 0 Å². The van der Waals surface area contributed by atoms with Gasteiger partial charge in [0.2, 0.25) is 0 Å². The number of rotatable bonds is 26. The highest BCUT2D eigenvalue weighted by Crippen LogP contribution is 2.12. The first-order valence-corrected chi connectivity index (χ1v) is 15.7. The zero-order valence-corrected chi connectivity index (χ0v) is 23.4. The van der Waals surface area contributed by atoms with Crippen molar-refractivity contribution in [1.82, 2.24) is 5.32 Å². The fraction of sp³-hybridized carbons (Fsp3) is 0.889. The monoisotopic (exact) mass is 519 g/mol. The average molecular weight is 520 g/mol. The number of carbonyl (C=O) groups is 1. The molecule has 0 aromatic heterocycles. The van der Waals surface area contributed by atoms with Gasteiger partial charge in [-0.05, 0) is 24.8 Å². The third-order valence-corrected chi connectivity index (χ3v) is 6.34. The summed E-state index contributed by atoms with van der Waals surface area (Å²) in [6, 6.07) is 0. The van der Waals surface area contributed by atoms with Crippen LogP contribution in [0.3, 0.4) is 0 Å². The molecule has 35 heavy (non-hydrogen) atoms. The van der Waals surface area contributed by atoms with Gasteiger partial charge in [-0.3, -0.25) is 4.18 Å². The molecule has 0 aliphatic carbocycles. The standard InChI is InChI=1S/C27H53NO6S/c1-4-5-6-7-8-9-10-11-12-13-14-15-18-21-28-27(29)33-25-26(2)24-32-22-19-16-17-20-23-34-35(3,30)31/h2,4-25H2,1,3H3,(H,28,29). The summed E-state index contributed by atoms with van der Waals surface area (Å²) in [5.41, 5.74) is 0.725. The van der Waals surface area contributed by atoms with Crippen LogP contribution in [0.2, 0.25) is 0 Å². The van der Waals surface area contributed by atoms with Gasteiger partial charge < -0.3 is 14.8 Å². The van der Waals surface area contributed by atoms with Crippen molar-refractivity contribution < 1.29 is 26.9 Å². The highest BCUT2D eigenvalue weighted by molar-refractivity contribution is 7.85. The summed E-state index contributed by atoms with van der Waals surface area (Å²) in [6.45, 7) is 8.14. The molecule has 0 aromatic carbocycles. The molecule has 0 aliphatic heterocycles. The molecule has 0 rings (SSSR count). The summed E-state index contributed by atoms with van der Waals surface area (Å²) in [4.78, 5) is 11.8. The van der Waals surface area contributed by atoms with E-state index in [-0.39, 0.29) is 13.2 Å². The summed E-state index contributed by atoms with van der Waals surface area (Å²) in [5, 5.41) is 2.80. The largest absolute Gasteiger partial charge is 0.445 e. The third-order valence-electron chi connectivity index (χ3n) is 5.74. The number of unbranched alkanes of at least 4 members (excludes halogenated alkanes) is 15. The average Bonchev–Trinajstić information content (AvgIpc) is 2.81. The van der Waals surface area contributed by atoms with Gasteiger partial charge in [0.1, 0.15) is 6.61 Å². The zero-order chi connectivity index (χ0) is 26.0. The van der Waals surface area contributed by atoms with Gasteiger partial charge in [-0.1, -0.05) is 103 Å². The predicted octanol–water partition coefficient (Wildman–Crippen LogP) is 6.91. The Bertz CT molecular complexity index is 609. The highest BCUT2D eigenvalue weighted by Gasteiger charge is 2.04.